The molecule has 3 aromatic rings. The highest BCUT2D eigenvalue weighted by atomic mass is 19.2. The highest BCUT2D eigenvalue weighted by Crippen LogP contribution is 2.42. The van der Waals surface area contributed by atoms with Crippen LogP contribution < -0.4 is 4.74 Å². The van der Waals surface area contributed by atoms with Crippen LogP contribution in [-0.4, -0.2) is 65.6 Å². The van der Waals surface area contributed by atoms with Crippen LogP contribution in [0.15, 0.2) is 54.1 Å². The normalized spacial score (nSPS) is 21.4. The Balaban J connectivity index is 0.00000320. The number of halogens is 3. The second kappa shape index (κ2) is 9.93. The molecule has 2 aromatic carbocycles. The molecule has 10 heteroatoms. The van der Waals surface area contributed by atoms with Gasteiger partial charge in [-0.1, -0.05) is 24.7 Å². The smallest absolute Gasteiger partial charge is 0.194 e. The summed E-state index contributed by atoms with van der Waals surface area (Å²) in [6.07, 6.45) is 6.75. The number of likely N-dealkylation sites (tertiary alicyclic amines) is 1. The van der Waals surface area contributed by atoms with Gasteiger partial charge in [-0.3, -0.25) is 4.90 Å². The predicted molar refractivity (Wildman–Crippen MR) is 136 cm³/mol. The van der Waals surface area contributed by atoms with Crippen LogP contribution in [0.2, 0.25) is 0 Å². The van der Waals surface area contributed by atoms with E-state index in [1.54, 1.807) is 26.6 Å². The number of oxime groups is 1. The van der Waals surface area contributed by atoms with E-state index in [-0.39, 0.29) is 13.0 Å². The van der Waals surface area contributed by atoms with Crippen LogP contribution in [0.5, 0.6) is 5.75 Å². The maximum absolute atomic E-state index is 14.2. The molecule has 0 spiro atoms. The zero-order valence-electron chi connectivity index (χ0n) is 20.4. The van der Waals surface area contributed by atoms with Gasteiger partial charge in [0.2, 0.25) is 0 Å². The van der Waals surface area contributed by atoms with Crippen molar-refractivity contribution >= 4 is 11.9 Å². The van der Waals surface area contributed by atoms with Crippen molar-refractivity contribution < 1.29 is 22.7 Å². The Kier molecular flexibility index (Phi) is 7.05. The molecule has 1 saturated heterocycles. The Bertz CT molecular complexity index is 1350. The summed E-state index contributed by atoms with van der Waals surface area (Å²) in [5.41, 5.74) is 1.93. The third kappa shape index (κ3) is 4.46. The molecule has 0 aliphatic carbocycles. The van der Waals surface area contributed by atoms with Crippen LogP contribution in [0.25, 0.3) is 11.8 Å². The van der Waals surface area contributed by atoms with Crippen LogP contribution in [0, 0.1) is 24.4 Å². The summed E-state index contributed by atoms with van der Waals surface area (Å²) in [6, 6.07) is 7.83. The van der Waals surface area contributed by atoms with Gasteiger partial charge in [-0.25, -0.2) is 18.2 Å². The first-order chi connectivity index (χ1) is 17.2. The lowest BCUT2D eigenvalue weighted by Crippen LogP contribution is -2.57. The number of benzene rings is 2. The fourth-order valence-corrected chi connectivity index (χ4v) is 4.99. The van der Waals surface area contributed by atoms with E-state index in [9.17, 15) is 13.2 Å². The molecule has 1 unspecified atom stereocenters. The van der Waals surface area contributed by atoms with E-state index in [4.69, 9.17) is 9.57 Å². The molecule has 3 heterocycles. The summed E-state index contributed by atoms with van der Waals surface area (Å²) in [7, 11) is 5.28. The molecule has 7 nitrogen and oxygen atoms in total. The first-order valence-electron chi connectivity index (χ1n) is 11.4. The van der Waals surface area contributed by atoms with Crippen molar-refractivity contribution in [3.63, 3.8) is 0 Å². The number of hydrogen-bond donors (Lipinski definition) is 0. The molecule has 0 bridgehead atoms. The van der Waals surface area contributed by atoms with E-state index >= 15 is 0 Å². The lowest BCUT2D eigenvalue weighted by Gasteiger charge is -2.45. The van der Waals surface area contributed by atoms with Gasteiger partial charge in [0.25, 0.3) is 0 Å². The Morgan fingerprint density at radius 3 is 2.49 bits per heavy atom. The standard InChI is InChI=1S/C26H26F3N5O2.CH4/c1-16-12-34(15-30-16)21-7-5-17(9-22(21)35-4)6-8-24-31-36-23-13-32(2)14-26(23,33(24)3)18-10-19(27)25(29)20(28)11-18;/h5-12,15,23H,13-14H2,1-4H3;1H4/b8-6+;/t23?,26-;/m0./s1. The average molecular weight is 514 g/mol. The van der Waals surface area contributed by atoms with Gasteiger partial charge in [-0.2, -0.15) is 0 Å². The number of imidazole rings is 1. The number of likely N-dealkylation sites (N-methyl/N-ethyl adjacent to an activating group) is 2. The van der Waals surface area contributed by atoms with Gasteiger partial charge in [0.15, 0.2) is 29.4 Å². The molecule has 0 saturated carbocycles. The van der Waals surface area contributed by atoms with Gasteiger partial charge in [0, 0.05) is 26.3 Å². The fourth-order valence-electron chi connectivity index (χ4n) is 4.99. The van der Waals surface area contributed by atoms with Crippen LogP contribution in [0.1, 0.15) is 24.2 Å². The number of ether oxygens (including phenoxy) is 1. The number of aryl methyl sites for hydroxylation is 1. The number of methoxy groups -OCH3 is 1. The third-order valence-electron chi connectivity index (χ3n) is 6.84. The van der Waals surface area contributed by atoms with Gasteiger partial charge in [0.1, 0.15) is 11.3 Å². The van der Waals surface area contributed by atoms with Crippen LogP contribution in [-0.2, 0) is 10.4 Å². The van der Waals surface area contributed by atoms with Crippen LogP contribution >= 0.6 is 0 Å². The molecule has 2 aliphatic rings. The molecule has 196 valence electrons. The minimum Gasteiger partial charge on any atom is -0.495 e. The number of fused-ring (bicyclic) bond motifs is 1. The number of hydrogen-bond acceptors (Lipinski definition) is 6. The first-order valence-corrected chi connectivity index (χ1v) is 11.4. The number of rotatable bonds is 5. The second-order valence-electron chi connectivity index (χ2n) is 9.16. The van der Waals surface area contributed by atoms with E-state index in [0.717, 1.165) is 29.1 Å². The van der Waals surface area contributed by atoms with Crippen molar-refractivity contribution in [3.8, 4) is 11.4 Å². The largest absolute Gasteiger partial charge is 0.495 e. The molecule has 2 aliphatic heterocycles. The molecule has 0 radical (unpaired) electrons. The van der Waals surface area contributed by atoms with E-state index in [0.29, 0.717) is 24.7 Å². The Morgan fingerprint density at radius 1 is 1.11 bits per heavy atom. The summed E-state index contributed by atoms with van der Waals surface area (Å²) in [6.45, 7) is 2.83. The summed E-state index contributed by atoms with van der Waals surface area (Å²) < 4.78 is 49.6. The number of aromatic nitrogens is 2. The Morgan fingerprint density at radius 2 is 1.84 bits per heavy atom. The first kappa shape index (κ1) is 26.3. The summed E-state index contributed by atoms with van der Waals surface area (Å²) in [5.74, 6) is -2.84. The van der Waals surface area contributed by atoms with Gasteiger partial charge in [-0.05, 0) is 55.4 Å². The van der Waals surface area contributed by atoms with Crippen molar-refractivity contribution in [2.45, 2.75) is 26.0 Å². The monoisotopic (exact) mass is 513 g/mol. The van der Waals surface area contributed by atoms with Gasteiger partial charge in [0.05, 0.1) is 24.8 Å². The Hall–Kier alpha value is -3.79. The predicted octanol–water partition coefficient (Wildman–Crippen LogP) is 4.74. The van der Waals surface area contributed by atoms with Crippen LogP contribution in [0.4, 0.5) is 13.2 Å². The molecule has 0 amide bonds. The lowest BCUT2D eigenvalue weighted by atomic mass is 9.84. The Labute approximate surface area is 214 Å². The molecule has 1 fully saturated rings. The van der Waals surface area contributed by atoms with E-state index < -0.39 is 29.1 Å². The zero-order chi connectivity index (χ0) is 25.6. The van der Waals surface area contributed by atoms with Crippen LogP contribution in [0.3, 0.4) is 0 Å². The summed E-state index contributed by atoms with van der Waals surface area (Å²) in [5, 5.41) is 4.27. The number of amidine groups is 1. The molecular formula is C27H30F3N5O2. The van der Waals surface area contributed by atoms with Crippen molar-refractivity contribution in [2.24, 2.45) is 5.16 Å². The van der Waals surface area contributed by atoms with Crippen molar-refractivity contribution in [1.29, 1.82) is 0 Å². The van der Waals surface area contributed by atoms with Crippen molar-refractivity contribution in [2.75, 3.05) is 34.3 Å². The number of nitrogens with zero attached hydrogens (tertiary/aromatic N) is 5. The van der Waals surface area contributed by atoms with E-state index in [1.165, 1.54) is 0 Å². The molecule has 0 N–H and O–H groups in total. The highest BCUT2D eigenvalue weighted by molar-refractivity contribution is 5.97. The van der Waals surface area contributed by atoms with E-state index in [2.05, 4.69) is 10.1 Å². The quantitative estimate of drug-likeness (QED) is 0.462. The minimum absolute atomic E-state index is 0. The SMILES string of the molecule is C.COc1cc(/C=C/C2=NOC3CN(C)C[C@@]3(c3cc(F)c(F)c(F)c3)N2C)ccc1-n1cnc(C)c1. The molecule has 37 heavy (non-hydrogen) atoms. The minimum atomic E-state index is -1.49. The van der Waals surface area contributed by atoms with Gasteiger partial charge >= 0.3 is 0 Å². The molecular weight excluding hydrogens is 483 g/mol. The second-order valence-corrected chi connectivity index (χ2v) is 9.16. The fraction of sp³-hybridized carbons (Fsp3) is 0.333. The van der Waals surface area contributed by atoms with E-state index in [1.807, 2.05) is 58.8 Å². The van der Waals surface area contributed by atoms with Gasteiger partial charge in [-0.15, -0.1) is 0 Å². The van der Waals surface area contributed by atoms with Crippen molar-refractivity contribution in [1.82, 2.24) is 19.4 Å². The highest BCUT2D eigenvalue weighted by Gasteiger charge is 2.55. The topological polar surface area (TPSA) is 55.1 Å². The van der Waals surface area contributed by atoms with Crippen molar-refractivity contribution in [3.05, 3.63) is 83.2 Å². The maximum atomic E-state index is 14.2. The third-order valence-corrected chi connectivity index (χ3v) is 6.84. The molecule has 1 aromatic heterocycles. The maximum Gasteiger partial charge on any atom is 0.194 e. The summed E-state index contributed by atoms with van der Waals surface area (Å²) in [4.78, 5) is 13.9. The lowest BCUT2D eigenvalue weighted by molar-refractivity contribution is -0.0391. The summed E-state index contributed by atoms with van der Waals surface area (Å²) >= 11 is 0. The molecule has 5 rings (SSSR count). The van der Waals surface area contributed by atoms with Gasteiger partial charge < -0.3 is 19.0 Å². The zero-order valence-corrected chi connectivity index (χ0v) is 20.4. The molecule has 2 atom stereocenters. The average Bonchev–Trinajstić information content (AvgIpc) is 3.45.